The molecule has 1 aromatic carbocycles. The van der Waals surface area contributed by atoms with E-state index in [9.17, 15) is 17.6 Å². The molecule has 1 aromatic rings. The molecule has 2 rings (SSSR count). The minimum absolute atomic E-state index is 0.0504. The van der Waals surface area contributed by atoms with E-state index in [4.69, 9.17) is 0 Å². The Morgan fingerprint density at radius 3 is 2.33 bits per heavy atom. The van der Waals surface area contributed by atoms with Crippen molar-refractivity contribution in [1.29, 1.82) is 0 Å². The summed E-state index contributed by atoms with van der Waals surface area (Å²) in [7, 11) is 0. The summed E-state index contributed by atoms with van der Waals surface area (Å²) in [5, 5.41) is 3.01. The van der Waals surface area contributed by atoms with Gasteiger partial charge >= 0.3 is 6.18 Å². The van der Waals surface area contributed by atoms with Crippen molar-refractivity contribution in [2.24, 2.45) is 0 Å². The van der Waals surface area contributed by atoms with Crippen LogP contribution in [-0.2, 0) is 12.6 Å². The smallest absolute Gasteiger partial charge is 0.316 e. The Bertz CT molecular complexity index is 408. The van der Waals surface area contributed by atoms with E-state index in [1.165, 1.54) is 18.2 Å². The van der Waals surface area contributed by atoms with Gasteiger partial charge in [-0.25, -0.2) is 4.39 Å². The van der Waals surface area contributed by atoms with Crippen LogP contribution < -0.4 is 5.32 Å². The number of halogens is 4. The van der Waals surface area contributed by atoms with E-state index in [2.05, 4.69) is 5.32 Å². The molecule has 100 valence electrons. The molecule has 0 amide bonds. The topological polar surface area (TPSA) is 12.0 Å². The van der Waals surface area contributed by atoms with Crippen molar-refractivity contribution in [2.45, 2.75) is 31.1 Å². The highest BCUT2D eigenvalue weighted by Gasteiger charge is 2.37. The second kappa shape index (κ2) is 4.88. The minimum Gasteiger partial charge on any atom is -0.316 e. The zero-order chi connectivity index (χ0) is 13.2. The van der Waals surface area contributed by atoms with Crippen molar-refractivity contribution in [3.63, 3.8) is 0 Å². The largest absolute Gasteiger partial charge is 0.416 e. The van der Waals surface area contributed by atoms with Gasteiger partial charge in [-0.15, -0.1) is 0 Å². The molecule has 0 spiro atoms. The van der Waals surface area contributed by atoms with Crippen LogP contribution in [0.15, 0.2) is 24.3 Å². The Morgan fingerprint density at radius 1 is 1.11 bits per heavy atom. The molecule has 0 bridgehead atoms. The summed E-state index contributed by atoms with van der Waals surface area (Å²) in [5.41, 5.74) is -2.19. The number of piperidine rings is 1. The fourth-order valence-electron chi connectivity index (χ4n) is 2.34. The van der Waals surface area contributed by atoms with E-state index in [1.807, 2.05) is 0 Å². The third kappa shape index (κ3) is 3.02. The van der Waals surface area contributed by atoms with Gasteiger partial charge in [-0.05, 0) is 37.6 Å². The molecule has 1 nitrogen and oxygen atoms in total. The maximum Gasteiger partial charge on any atom is 0.416 e. The van der Waals surface area contributed by atoms with E-state index >= 15 is 0 Å². The molecule has 1 fully saturated rings. The normalized spacial score (nSPS) is 19.8. The number of hydrogen-bond acceptors (Lipinski definition) is 1. The third-order valence-corrected chi connectivity index (χ3v) is 3.33. The van der Waals surface area contributed by atoms with Crippen molar-refractivity contribution in [3.8, 4) is 0 Å². The Labute approximate surface area is 103 Å². The summed E-state index contributed by atoms with van der Waals surface area (Å²) in [4.78, 5) is 0. The maximum absolute atomic E-state index is 14.4. The summed E-state index contributed by atoms with van der Waals surface area (Å²) in [5.74, 6) is 0. The molecule has 18 heavy (non-hydrogen) atoms. The second-order valence-electron chi connectivity index (χ2n) is 4.73. The summed E-state index contributed by atoms with van der Waals surface area (Å²) in [6.45, 7) is 1.04. The van der Waals surface area contributed by atoms with Crippen LogP contribution in [-0.4, -0.2) is 18.8 Å². The Kier molecular flexibility index (Phi) is 3.61. The van der Waals surface area contributed by atoms with E-state index in [0.717, 1.165) is 6.07 Å². The van der Waals surface area contributed by atoms with Gasteiger partial charge < -0.3 is 5.32 Å². The second-order valence-corrected chi connectivity index (χ2v) is 4.73. The van der Waals surface area contributed by atoms with Gasteiger partial charge in [0.1, 0.15) is 5.67 Å². The van der Waals surface area contributed by atoms with Crippen LogP contribution >= 0.6 is 0 Å². The zero-order valence-electron chi connectivity index (χ0n) is 9.86. The first-order valence-electron chi connectivity index (χ1n) is 5.95. The first kappa shape index (κ1) is 13.3. The number of alkyl halides is 4. The van der Waals surface area contributed by atoms with Crippen LogP contribution in [0.5, 0.6) is 0 Å². The molecule has 0 aliphatic carbocycles. The van der Waals surface area contributed by atoms with Gasteiger partial charge in [0.2, 0.25) is 0 Å². The maximum atomic E-state index is 14.4. The van der Waals surface area contributed by atoms with Crippen LogP contribution in [0.1, 0.15) is 24.0 Å². The Balaban J connectivity index is 2.23. The monoisotopic (exact) mass is 261 g/mol. The van der Waals surface area contributed by atoms with Gasteiger partial charge in [-0.3, -0.25) is 0 Å². The average molecular weight is 261 g/mol. The van der Waals surface area contributed by atoms with Crippen LogP contribution in [0, 0.1) is 0 Å². The molecule has 1 heterocycles. The van der Waals surface area contributed by atoms with Crippen molar-refractivity contribution in [2.75, 3.05) is 13.1 Å². The van der Waals surface area contributed by atoms with Crippen LogP contribution in [0.4, 0.5) is 17.6 Å². The zero-order valence-corrected chi connectivity index (χ0v) is 9.86. The third-order valence-electron chi connectivity index (χ3n) is 3.33. The average Bonchev–Trinajstić information content (AvgIpc) is 2.28. The molecule has 1 aliphatic heterocycles. The Morgan fingerprint density at radius 2 is 1.72 bits per heavy atom. The van der Waals surface area contributed by atoms with Gasteiger partial charge in [-0.2, -0.15) is 13.2 Å². The van der Waals surface area contributed by atoms with Gasteiger partial charge in [0, 0.05) is 6.42 Å². The molecule has 0 radical (unpaired) electrons. The van der Waals surface area contributed by atoms with Crippen molar-refractivity contribution < 1.29 is 17.6 Å². The summed E-state index contributed by atoms with van der Waals surface area (Å²) in [6, 6.07) is 5.24. The fraction of sp³-hybridized carbons (Fsp3) is 0.538. The molecule has 1 N–H and O–H groups in total. The predicted molar refractivity (Wildman–Crippen MR) is 61.1 cm³/mol. The molecule has 1 saturated heterocycles. The van der Waals surface area contributed by atoms with E-state index < -0.39 is 17.4 Å². The van der Waals surface area contributed by atoms with Crippen LogP contribution in [0.25, 0.3) is 0 Å². The highest BCUT2D eigenvalue weighted by Crippen LogP contribution is 2.36. The predicted octanol–water partition coefficient (Wildman–Crippen LogP) is 3.34. The molecule has 0 unspecified atom stereocenters. The molecule has 0 atom stereocenters. The molecular formula is C13H15F4N. The molecule has 5 heteroatoms. The first-order chi connectivity index (χ1) is 8.41. The van der Waals surface area contributed by atoms with Crippen molar-refractivity contribution in [3.05, 3.63) is 35.4 Å². The lowest BCUT2D eigenvalue weighted by Crippen LogP contribution is -2.40. The minimum atomic E-state index is -4.42. The summed E-state index contributed by atoms with van der Waals surface area (Å²) in [6.07, 6.45) is -4.05. The number of nitrogens with one attached hydrogen (secondary N) is 1. The molecule has 0 saturated carbocycles. The lowest BCUT2D eigenvalue weighted by molar-refractivity contribution is -0.138. The van der Waals surface area contributed by atoms with E-state index in [-0.39, 0.29) is 24.8 Å². The molecule has 1 aliphatic rings. The van der Waals surface area contributed by atoms with Gasteiger partial charge in [0.25, 0.3) is 0 Å². The van der Waals surface area contributed by atoms with E-state index in [1.54, 1.807) is 0 Å². The molecular weight excluding hydrogens is 246 g/mol. The first-order valence-corrected chi connectivity index (χ1v) is 5.95. The summed E-state index contributed by atoms with van der Waals surface area (Å²) >= 11 is 0. The van der Waals surface area contributed by atoms with Crippen LogP contribution in [0.2, 0.25) is 0 Å². The van der Waals surface area contributed by atoms with E-state index in [0.29, 0.717) is 13.1 Å². The number of rotatable bonds is 2. The standard InChI is InChI=1S/C13H15F4N/c14-12(5-7-18-8-6-12)9-10-3-1-2-4-11(10)13(15,16)17/h1-4,18H,5-9H2. The van der Waals surface area contributed by atoms with Crippen molar-refractivity contribution in [1.82, 2.24) is 5.32 Å². The van der Waals surface area contributed by atoms with Gasteiger partial charge in [0.15, 0.2) is 0 Å². The molecule has 0 aromatic heterocycles. The SMILES string of the molecule is FC1(Cc2ccccc2C(F)(F)F)CCNCC1. The lowest BCUT2D eigenvalue weighted by atomic mass is 9.86. The number of benzene rings is 1. The van der Waals surface area contributed by atoms with Gasteiger partial charge in [-0.1, -0.05) is 18.2 Å². The number of hydrogen-bond donors (Lipinski definition) is 1. The highest BCUT2D eigenvalue weighted by molar-refractivity contribution is 5.31. The summed E-state index contributed by atoms with van der Waals surface area (Å²) < 4.78 is 52.8. The lowest BCUT2D eigenvalue weighted by Gasteiger charge is -2.31. The Hall–Kier alpha value is -1.10. The fourth-order valence-corrected chi connectivity index (χ4v) is 2.34. The highest BCUT2D eigenvalue weighted by atomic mass is 19.4. The quantitative estimate of drug-likeness (QED) is 0.805. The van der Waals surface area contributed by atoms with Crippen molar-refractivity contribution >= 4 is 0 Å². The van der Waals surface area contributed by atoms with Crippen LogP contribution in [0.3, 0.4) is 0 Å². The van der Waals surface area contributed by atoms with Gasteiger partial charge in [0.05, 0.1) is 5.56 Å².